The number of hydrogen-bond donors (Lipinski definition) is 1. The molecule has 1 amide bonds. The number of nitrogens with one attached hydrogen (secondary N) is 1. The molecule has 0 spiro atoms. The highest BCUT2D eigenvalue weighted by Gasteiger charge is 2.09. The van der Waals surface area contributed by atoms with Gasteiger partial charge in [-0.2, -0.15) is 0 Å². The second-order valence-electron chi connectivity index (χ2n) is 5.17. The monoisotopic (exact) mass is 322 g/mol. The lowest BCUT2D eigenvalue weighted by Gasteiger charge is -2.19. The molecule has 0 fully saturated rings. The summed E-state index contributed by atoms with van der Waals surface area (Å²) in [4.78, 5) is 22.1. The molecule has 3 aromatic rings. The molecule has 0 saturated carbocycles. The summed E-state index contributed by atoms with van der Waals surface area (Å²) in [6.07, 6.45) is 4.86. The largest absolute Gasteiger partial charge is 0.342 e. The van der Waals surface area contributed by atoms with Gasteiger partial charge < -0.3 is 10.2 Å². The fraction of sp³-hybridized carbons (Fsp3) is 0.0556. The Labute approximate surface area is 138 Å². The average molecular weight is 322 g/mol. The first kappa shape index (κ1) is 15.6. The van der Waals surface area contributed by atoms with Crippen molar-refractivity contribution in [3.8, 4) is 0 Å². The van der Waals surface area contributed by atoms with Crippen molar-refractivity contribution in [2.75, 3.05) is 17.3 Å². The summed E-state index contributed by atoms with van der Waals surface area (Å²) in [5.74, 6) is -0.808. The van der Waals surface area contributed by atoms with Crippen LogP contribution in [0.4, 0.5) is 21.5 Å². The van der Waals surface area contributed by atoms with Crippen LogP contribution >= 0.6 is 0 Å². The van der Waals surface area contributed by atoms with Crippen molar-refractivity contribution < 1.29 is 9.18 Å². The van der Waals surface area contributed by atoms with E-state index in [9.17, 15) is 9.18 Å². The number of halogens is 1. The highest BCUT2D eigenvalue weighted by molar-refractivity contribution is 6.04. The molecule has 6 heteroatoms. The maximum atomic E-state index is 13.2. The minimum atomic E-state index is -0.444. The summed E-state index contributed by atoms with van der Waals surface area (Å²) < 4.78 is 13.2. The first-order valence-electron chi connectivity index (χ1n) is 7.29. The molecule has 0 bridgehead atoms. The minimum absolute atomic E-state index is 0.269. The molecule has 0 aliphatic rings. The van der Waals surface area contributed by atoms with E-state index in [1.807, 2.05) is 30.1 Å². The molecular formula is C18H15FN4O. The molecule has 24 heavy (non-hydrogen) atoms. The van der Waals surface area contributed by atoms with E-state index in [0.29, 0.717) is 5.69 Å². The molecule has 5 nitrogen and oxygen atoms in total. The molecule has 3 rings (SSSR count). The zero-order chi connectivity index (χ0) is 16.9. The molecule has 0 aliphatic carbocycles. The summed E-state index contributed by atoms with van der Waals surface area (Å²) in [6.45, 7) is 0. The van der Waals surface area contributed by atoms with Gasteiger partial charge in [-0.25, -0.2) is 14.4 Å². The van der Waals surface area contributed by atoms with Crippen LogP contribution in [0, 0.1) is 5.82 Å². The summed E-state index contributed by atoms with van der Waals surface area (Å²) in [5, 5.41) is 2.77. The second kappa shape index (κ2) is 6.87. The number of carbonyl (C=O) groups excluding carboxylic acids is 1. The number of benzene rings is 2. The molecule has 0 radical (unpaired) electrons. The van der Waals surface area contributed by atoms with Crippen LogP contribution in [0.25, 0.3) is 0 Å². The van der Waals surface area contributed by atoms with Gasteiger partial charge in [0.1, 0.15) is 12.1 Å². The van der Waals surface area contributed by atoms with Gasteiger partial charge in [-0.05, 0) is 36.4 Å². The lowest BCUT2D eigenvalue weighted by Crippen LogP contribution is -2.13. The first-order valence-corrected chi connectivity index (χ1v) is 7.29. The molecule has 0 aliphatic heterocycles. The van der Waals surface area contributed by atoms with Gasteiger partial charge >= 0.3 is 0 Å². The van der Waals surface area contributed by atoms with Gasteiger partial charge in [-0.3, -0.25) is 4.79 Å². The van der Waals surface area contributed by atoms with Crippen molar-refractivity contribution in [3.05, 3.63) is 78.6 Å². The summed E-state index contributed by atoms with van der Waals surface area (Å²) in [5.41, 5.74) is 2.57. The van der Waals surface area contributed by atoms with Gasteiger partial charge in [0.05, 0.1) is 18.1 Å². The molecular weight excluding hydrogens is 307 g/mol. The highest BCUT2D eigenvalue weighted by atomic mass is 19.1. The smallest absolute Gasteiger partial charge is 0.255 e. The number of anilines is 3. The van der Waals surface area contributed by atoms with E-state index in [1.165, 1.54) is 24.5 Å². The highest BCUT2D eigenvalue weighted by Crippen LogP contribution is 2.25. The van der Waals surface area contributed by atoms with Gasteiger partial charge in [-0.1, -0.05) is 12.1 Å². The Kier molecular flexibility index (Phi) is 4.47. The molecule has 0 atom stereocenters. The maximum Gasteiger partial charge on any atom is 0.255 e. The third-order valence-corrected chi connectivity index (χ3v) is 3.51. The van der Waals surface area contributed by atoms with E-state index in [2.05, 4.69) is 15.3 Å². The number of rotatable bonds is 4. The summed E-state index contributed by atoms with van der Waals surface area (Å²) in [6, 6.07) is 12.9. The Balaban J connectivity index is 1.79. The predicted molar refractivity (Wildman–Crippen MR) is 90.9 cm³/mol. The number of carbonyl (C=O) groups is 1. The fourth-order valence-corrected chi connectivity index (χ4v) is 2.24. The Hall–Kier alpha value is -3.28. The zero-order valence-corrected chi connectivity index (χ0v) is 13.0. The van der Waals surface area contributed by atoms with Crippen molar-refractivity contribution >= 4 is 23.0 Å². The standard InChI is InChI=1S/C18H15FN4O/c1-23(17-10-20-12-21-11-17)16-7-3-6-15(9-16)22-18(24)13-4-2-5-14(19)8-13/h2-12H,1H3,(H,22,24). The Morgan fingerprint density at radius 3 is 2.54 bits per heavy atom. The topological polar surface area (TPSA) is 58.1 Å². The summed E-state index contributed by atoms with van der Waals surface area (Å²) in [7, 11) is 1.88. The van der Waals surface area contributed by atoms with E-state index in [4.69, 9.17) is 0 Å². The number of hydrogen-bond acceptors (Lipinski definition) is 4. The molecule has 0 unspecified atom stereocenters. The van der Waals surface area contributed by atoms with Crippen LogP contribution in [-0.4, -0.2) is 22.9 Å². The van der Waals surface area contributed by atoms with Crippen LogP contribution in [0.2, 0.25) is 0 Å². The van der Waals surface area contributed by atoms with E-state index < -0.39 is 5.82 Å². The summed E-state index contributed by atoms with van der Waals surface area (Å²) >= 11 is 0. The van der Waals surface area contributed by atoms with Crippen LogP contribution in [0.3, 0.4) is 0 Å². The normalized spacial score (nSPS) is 10.2. The number of amides is 1. The average Bonchev–Trinajstić information content (AvgIpc) is 2.62. The third kappa shape index (κ3) is 3.55. The van der Waals surface area contributed by atoms with Crippen LogP contribution in [-0.2, 0) is 0 Å². The van der Waals surface area contributed by atoms with Crippen molar-refractivity contribution in [2.45, 2.75) is 0 Å². The van der Waals surface area contributed by atoms with Gasteiger partial charge in [-0.15, -0.1) is 0 Å². The second-order valence-corrected chi connectivity index (χ2v) is 5.17. The lowest BCUT2D eigenvalue weighted by molar-refractivity contribution is 0.102. The Bertz CT molecular complexity index is 854. The van der Waals surface area contributed by atoms with Gasteiger partial charge in [0.15, 0.2) is 0 Å². The maximum absolute atomic E-state index is 13.2. The van der Waals surface area contributed by atoms with Gasteiger partial charge in [0, 0.05) is 24.0 Å². The van der Waals surface area contributed by atoms with Crippen molar-refractivity contribution in [1.82, 2.24) is 9.97 Å². The third-order valence-electron chi connectivity index (χ3n) is 3.51. The van der Waals surface area contributed by atoms with Crippen molar-refractivity contribution in [2.24, 2.45) is 0 Å². The number of aromatic nitrogens is 2. The SMILES string of the molecule is CN(c1cncnc1)c1cccc(NC(=O)c2cccc(F)c2)c1. The number of nitrogens with zero attached hydrogens (tertiary/aromatic N) is 3. The molecule has 1 aromatic heterocycles. The van der Waals surface area contributed by atoms with E-state index in [-0.39, 0.29) is 11.5 Å². The van der Waals surface area contributed by atoms with E-state index in [0.717, 1.165) is 11.4 Å². The van der Waals surface area contributed by atoms with E-state index in [1.54, 1.807) is 24.5 Å². The van der Waals surface area contributed by atoms with E-state index >= 15 is 0 Å². The molecule has 1 N–H and O–H groups in total. The molecule has 120 valence electrons. The van der Waals surface area contributed by atoms with Crippen molar-refractivity contribution in [1.29, 1.82) is 0 Å². The quantitative estimate of drug-likeness (QED) is 0.797. The van der Waals surface area contributed by atoms with Crippen LogP contribution in [0.5, 0.6) is 0 Å². The zero-order valence-electron chi connectivity index (χ0n) is 13.0. The Morgan fingerprint density at radius 1 is 1.04 bits per heavy atom. The first-order chi connectivity index (χ1) is 11.6. The Morgan fingerprint density at radius 2 is 1.79 bits per heavy atom. The molecule has 0 saturated heterocycles. The van der Waals surface area contributed by atoms with Gasteiger partial charge in [0.2, 0.25) is 0 Å². The van der Waals surface area contributed by atoms with Crippen LogP contribution < -0.4 is 10.2 Å². The van der Waals surface area contributed by atoms with Crippen molar-refractivity contribution in [3.63, 3.8) is 0 Å². The lowest BCUT2D eigenvalue weighted by atomic mass is 10.2. The molecule has 1 heterocycles. The minimum Gasteiger partial charge on any atom is -0.342 e. The van der Waals surface area contributed by atoms with Crippen LogP contribution in [0.1, 0.15) is 10.4 Å². The van der Waals surface area contributed by atoms with Crippen LogP contribution in [0.15, 0.2) is 67.3 Å². The predicted octanol–water partition coefficient (Wildman–Crippen LogP) is 3.64. The molecule has 2 aromatic carbocycles. The fourth-order valence-electron chi connectivity index (χ4n) is 2.24. The van der Waals surface area contributed by atoms with Gasteiger partial charge in [0.25, 0.3) is 5.91 Å².